The summed E-state index contributed by atoms with van der Waals surface area (Å²) < 4.78 is 0. The zero-order chi connectivity index (χ0) is 13.9. The molecule has 1 rings (SSSR count). The third-order valence-electron chi connectivity index (χ3n) is 3.47. The normalized spacial score (nSPS) is 21.6. The summed E-state index contributed by atoms with van der Waals surface area (Å²) in [7, 11) is 1.67. The van der Waals surface area contributed by atoms with Crippen LogP contribution >= 0.6 is 0 Å². The van der Waals surface area contributed by atoms with Crippen LogP contribution < -0.4 is 0 Å². The first-order chi connectivity index (χ1) is 8.38. The third kappa shape index (κ3) is 3.00. The third-order valence-corrected chi connectivity index (χ3v) is 3.47. The first kappa shape index (κ1) is 14.5. The lowest BCUT2D eigenvalue weighted by atomic mass is 9.96. The standard InChI is InChI=1S/C12H20N2O4/c1-4-13(3)11(16)8(2)14-7-9(12(17)18)5-6-10(14)15/h8-9H,4-7H2,1-3H3,(H,17,18). The number of rotatable bonds is 4. The second kappa shape index (κ2) is 5.84. The highest BCUT2D eigenvalue weighted by atomic mass is 16.4. The molecule has 1 fully saturated rings. The SMILES string of the molecule is CCN(C)C(=O)C(C)N1CC(C(=O)O)CCC1=O. The summed E-state index contributed by atoms with van der Waals surface area (Å²) in [5, 5.41) is 8.98. The van der Waals surface area contributed by atoms with Gasteiger partial charge in [-0.15, -0.1) is 0 Å². The average Bonchev–Trinajstić information content (AvgIpc) is 2.36. The maximum Gasteiger partial charge on any atom is 0.308 e. The number of hydrogen-bond acceptors (Lipinski definition) is 3. The Bertz CT molecular complexity index is 356. The fourth-order valence-corrected chi connectivity index (χ4v) is 2.06. The van der Waals surface area contributed by atoms with Gasteiger partial charge in [0.2, 0.25) is 11.8 Å². The van der Waals surface area contributed by atoms with Gasteiger partial charge in [0.15, 0.2) is 0 Å². The van der Waals surface area contributed by atoms with Crippen LogP contribution in [0.1, 0.15) is 26.7 Å². The van der Waals surface area contributed by atoms with E-state index in [1.54, 1.807) is 14.0 Å². The molecule has 18 heavy (non-hydrogen) atoms. The molecular weight excluding hydrogens is 236 g/mol. The van der Waals surface area contributed by atoms with E-state index in [2.05, 4.69) is 0 Å². The maximum atomic E-state index is 12.0. The van der Waals surface area contributed by atoms with Gasteiger partial charge in [0, 0.05) is 26.6 Å². The lowest BCUT2D eigenvalue weighted by Crippen LogP contribution is -2.53. The Morgan fingerprint density at radius 3 is 2.67 bits per heavy atom. The van der Waals surface area contributed by atoms with E-state index in [4.69, 9.17) is 5.11 Å². The molecule has 0 spiro atoms. The number of carboxylic acid groups (broad SMARTS) is 1. The van der Waals surface area contributed by atoms with Crippen LogP contribution in [0.4, 0.5) is 0 Å². The second-order valence-electron chi connectivity index (χ2n) is 4.65. The molecule has 0 radical (unpaired) electrons. The monoisotopic (exact) mass is 256 g/mol. The molecule has 6 heteroatoms. The van der Waals surface area contributed by atoms with Gasteiger partial charge >= 0.3 is 5.97 Å². The molecule has 1 N–H and O–H groups in total. The molecule has 1 heterocycles. The number of carboxylic acids is 1. The van der Waals surface area contributed by atoms with E-state index in [0.29, 0.717) is 13.0 Å². The van der Waals surface area contributed by atoms with Gasteiger partial charge in [0.1, 0.15) is 6.04 Å². The molecule has 6 nitrogen and oxygen atoms in total. The summed E-state index contributed by atoms with van der Waals surface area (Å²) in [6, 6.07) is -0.593. The quantitative estimate of drug-likeness (QED) is 0.778. The molecule has 1 aliphatic heterocycles. The van der Waals surface area contributed by atoms with E-state index in [-0.39, 0.29) is 24.8 Å². The minimum absolute atomic E-state index is 0.124. The summed E-state index contributed by atoms with van der Waals surface area (Å²) in [5.74, 6) is -1.77. The van der Waals surface area contributed by atoms with E-state index in [9.17, 15) is 14.4 Å². The Kier molecular flexibility index (Phi) is 4.69. The number of aliphatic carboxylic acids is 1. The lowest BCUT2D eigenvalue weighted by molar-refractivity contribution is -0.153. The molecule has 0 aromatic rings. The molecule has 0 bridgehead atoms. The largest absolute Gasteiger partial charge is 0.481 e. The maximum absolute atomic E-state index is 12.0. The van der Waals surface area contributed by atoms with Crippen LogP contribution in [0.15, 0.2) is 0 Å². The van der Waals surface area contributed by atoms with Crippen molar-refractivity contribution in [3.8, 4) is 0 Å². The molecule has 0 aromatic carbocycles. The topological polar surface area (TPSA) is 77.9 Å². The van der Waals surface area contributed by atoms with Crippen molar-refractivity contribution in [2.24, 2.45) is 5.92 Å². The van der Waals surface area contributed by atoms with Gasteiger partial charge in [-0.25, -0.2) is 0 Å². The summed E-state index contributed by atoms with van der Waals surface area (Å²) in [4.78, 5) is 37.6. The van der Waals surface area contributed by atoms with E-state index < -0.39 is 17.9 Å². The summed E-state index contributed by atoms with van der Waals surface area (Å²) in [6.07, 6.45) is 0.555. The van der Waals surface area contributed by atoms with Gasteiger partial charge < -0.3 is 14.9 Å². The Morgan fingerprint density at radius 2 is 2.17 bits per heavy atom. The van der Waals surface area contributed by atoms with Crippen molar-refractivity contribution < 1.29 is 19.5 Å². The van der Waals surface area contributed by atoms with Crippen LogP contribution in [-0.4, -0.2) is 58.9 Å². The second-order valence-corrected chi connectivity index (χ2v) is 4.65. The number of likely N-dealkylation sites (N-methyl/N-ethyl adjacent to an activating group) is 1. The fourth-order valence-electron chi connectivity index (χ4n) is 2.06. The zero-order valence-corrected chi connectivity index (χ0v) is 11.0. The van der Waals surface area contributed by atoms with Crippen LogP contribution in [0.5, 0.6) is 0 Å². The van der Waals surface area contributed by atoms with Crippen LogP contribution in [-0.2, 0) is 14.4 Å². The summed E-state index contributed by atoms with van der Waals surface area (Å²) in [5.41, 5.74) is 0. The predicted molar refractivity (Wildman–Crippen MR) is 64.8 cm³/mol. The molecule has 0 saturated carbocycles. The van der Waals surface area contributed by atoms with Crippen LogP contribution in [0, 0.1) is 5.92 Å². The first-order valence-corrected chi connectivity index (χ1v) is 6.15. The molecular formula is C12H20N2O4. The predicted octanol–water partition coefficient (Wildman–Crippen LogP) is 0.176. The molecule has 2 amide bonds. The van der Waals surface area contributed by atoms with E-state index in [1.165, 1.54) is 9.80 Å². The average molecular weight is 256 g/mol. The molecule has 2 unspecified atom stereocenters. The van der Waals surface area contributed by atoms with Crippen molar-refractivity contribution in [1.29, 1.82) is 0 Å². The highest BCUT2D eigenvalue weighted by Gasteiger charge is 2.35. The van der Waals surface area contributed by atoms with E-state index in [0.717, 1.165) is 0 Å². The molecule has 2 atom stereocenters. The summed E-state index contributed by atoms with van der Waals surface area (Å²) >= 11 is 0. The number of hydrogen-bond donors (Lipinski definition) is 1. The molecule has 1 aliphatic rings. The van der Waals surface area contributed by atoms with E-state index in [1.807, 2.05) is 6.92 Å². The van der Waals surface area contributed by atoms with Crippen molar-refractivity contribution in [2.45, 2.75) is 32.7 Å². The van der Waals surface area contributed by atoms with Gasteiger partial charge in [-0.3, -0.25) is 14.4 Å². The zero-order valence-electron chi connectivity index (χ0n) is 11.0. The number of amides is 2. The van der Waals surface area contributed by atoms with Gasteiger partial charge in [0.05, 0.1) is 5.92 Å². The Hall–Kier alpha value is -1.59. The molecule has 102 valence electrons. The molecule has 0 aliphatic carbocycles. The van der Waals surface area contributed by atoms with Crippen LogP contribution in [0.3, 0.4) is 0 Å². The Morgan fingerprint density at radius 1 is 1.56 bits per heavy atom. The number of carbonyl (C=O) groups is 3. The fraction of sp³-hybridized carbons (Fsp3) is 0.750. The van der Waals surface area contributed by atoms with Crippen LogP contribution in [0.25, 0.3) is 0 Å². The number of piperidine rings is 1. The van der Waals surface area contributed by atoms with Gasteiger partial charge in [-0.1, -0.05) is 0 Å². The molecule has 1 saturated heterocycles. The first-order valence-electron chi connectivity index (χ1n) is 6.15. The van der Waals surface area contributed by atoms with Gasteiger partial charge in [-0.2, -0.15) is 0 Å². The van der Waals surface area contributed by atoms with Crippen molar-refractivity contribution in [2.75, 3.05) is 20.1 Å². The number of likely N-dealkylation sites (tertiary alicyclic amines) is 1. The lowest BCUT2D eigenvalue weighted by Gasteiger charge is -2.35. The summed E-state index contributed by atoms with van der Waals surface area (Å²) in [6.45, 7) is 4.19. The highest BCUT2D eigenvalue weighted by Crippen LogP contribution is 2.20. The minimum Gasteiger partial charge on any atom is -0.481 e. The number of carbonyl (C=O) groups excluding carboxylic acids is 2. The van der Waals surface area contributed by atoms with Gasteiger partial charge in [0.25, 0.3) is 0 Å². The van der Waals surface area contributed by atoms with Crippen LogP contribution in [0.2, 0.25) is 0 Å². The van der Waals surface area contributed by atoms with Gasteiger partial charge in [-0.05, 0) is 20.3 Å². The Labute approximate surface area is 107 Å². The van der Waals surface area contributed by atoms with E-state index >= 15 is 0 Å². The highest BCUT2D eigenvalue weighted by molar-refractivity contribution is 5.88. The van der Waals surface area contributed by atoms with Crippen molar-refractivity contribution in [3.63, 3.8) is 0 Å². The molecule has 0 aromatic heterocycles. The van der Waals surface area contributed by atoms with Crippen molar-refractivity contribution >= 4 is 17.8 Å². The number of nitrogens with zero attached hydrogens (tertiary/aromatic N) is 2. The Balaban J connectivity index is 2.76. The smallest absolute Gasteiger partial charge is 0.308 e. The van der Waals surface area contributed by atoms with Crippen molar-refractivity contribution in [1.82, 2.24) is 9.80 Å². The minimum atomic E-state index is -0.906. The van der Waals surface area contributed by atoms with Crippen molar-refractivity contribution in [3.05, 3.63) is 0 Å².